The molecule has 334 valence electrons. The molecule has 3 aliphatic rings. The van der Waals surface area contributed by atoms with Gasteiger partial charge in [0.15, 0.2) is 0 Å². The van der Waals surface area contributed by atoms with Crippen LogP contribution in [-0.4, -0.2) is 128 Å². The lowest BCUT2D eigenvalue weighted by molar-refractivity contribution is -0.144. The molecule has 63 heavy (non-hydrogen) atoms. The molecular weight excluding hydrogens is 809 g/mol. The third kappa shape index (κ3) is 7.81. The Hall–Kier alpha value is -6.20. The Balaban J connectivity index is 1.05. The van der Waals surface area contributed by atoms with Crippen LogP contribution in [0.3, 0.4) is 0 Å². The van der Waals surface area contributed by atoms with E-state index in [4.69, 9.17) is 28.9 Å². The van der Waals surface area contributed by atoms with Crippen LogP contribution in [0.5, 0.6) is 5.75 Å². The van der Waals surface area contributed by atoms with Crippen molar-refractivity contribution in [3.05, 3.63) is 65.9 Å². The molecule has 5 aromatic rings. The van der Waals surface area contributed by atoms with Gasteiger partial charge in [-0.3, -0.25) is 14.5 Å². The number of carboxylic acid groups (broad SMARTS) is 1. The van der Waals surface area contributed by atoms with E-state index in [1.165, 1.54) is 28.4 Å². The van der Waals surface area contributed by atoms with Crippen molar-refractivity contribution in [2.24, 2.45) is 0 Å². The second-order valence-corrected chi connectivity index (χ2v) is 16.9. The average molecular weight is 865 g/mol. The number of methoxy groups -OCH3 is 3. The summed E-state index contributed by atoms with van der Waals surface area (Å²) in [6.45, 7) is 7.83. The van der Waals surface area contributed by atoms with E-state index in [0.29, 0.717) is 31.1 Å². The molecule has 2 aromatic heterocycles. The van der Waals surface area contributed by atoms with Crippen LogP contribution in [0.2, 0.25) is 0 Å². The molecule has 0 radical (unpaired) electrons. The van der Waals surface area contributed by atoms with Gasteiger partial charge in [0.1, 0.15) is 36.1 Å². The van der Waals surface area contributed by atoms with Gasteiger partial charge in [-0.05, 0) is 99.2 Å². The van der Waals surface area contributed by atoms with E-state index < -0.39 is 36.5 Å². The van der Waals surface area contributed by atoms with Crippen molar-refractivity contribution in [3.63, 3.8) is 0 Å². The molecule has 4 amide bonds. The third-order valence-corrected chi connectivity index (χ3v) is 13.4. The van der Waals surface area contributed by atoms with Gasteiger partial charge >= 0.3 is 12.2 Å². The van der Waals surface area contributed by atoms with Gasteiger partial charge in [0.2, 0.25) is 11.8 Å². The van der Waals surface area contributed by atoms with Crippen molar-refractivity contribution in [2.45, 2.75) is 115 Å². The van der Waals surface area contributed by atoms with Gasteiger partial charge in [0.05, 0.1) is 54.3 Å². The summed E-state index contributed by atoms with van der Waals surface area (Å²) in [7, 11) is 5.64. The molecule has 0 spiro atoms. The summed E-state index contributed by atoms with van der Waals surface area (Å²) in [4.78, 5) is 73.9. The number of nitrogens with zero attached hydrogens (tertiary/aromatic N) is 5. The van der Waals surface area contributed by atoms with E-state index in [1.807, 2.05) is 26.0 Å². The Kier molecular flexibility index (Phi) is 12.1. The maximum Gasteiger partial charge on any atom is 0.407 e. The molecule has 0 aliphatic carbocycles. The van der Waals surface area contributed by atoms with Gasteiger partial charge in [-0.2, -0.15) is 0 Å². The summed E-state index contributed by atoms with van der Waals surface area (Å²) in [6, 6.07) is 11.7. The van der Waals surface area contributed by atoms with Crippen LogP contribution >= 0.6 is 0 Å². The fourth-order valence-electron chi connectivity index (χ4n) is 9.74. The predicted octanol–water partition coefficient (Wildman–Crippen LogP) is 6.93. The Morgan fingerprint density at radius 1 is 0.921 bits per heavy atom. The highest BCUT2D eigenvalue weighted by Gasteiger charge is 2.45. The fraction of sp³-hybridized carbons (Fsp3) is 0.478. The normalized spacial score (nSPS) is 21.3. The molecule has 5 heterocycles. The highest BCUT2D eigenvalue weighted by molar-refractivity contribution is 6.07. The van der Waals surface area contributed by atoms with Crippen LogP contribution in [0.1, 0.15) is 89.1 Å². The topological polar surface area (TPSA) is 205 Å². The minimum atomic E-state index is -1.20. The number of likely N-dealkylation sites (N-methyl/N-ethyl adjacent to an activating group) is 1. The molecule has 2 saturated heterocycles. The number of hydrogen-bond acceptors (Lipinski definition) is 10. The molecule has 8 atom stereocenters. The summed E-state index contributed by atoms with van der Waals surface area (Å²) < 4.78 is 22.2. The van der Waals surface area contributed by atoms with E-state index in [0.717, 1.165) is 79.7 Å². The zero-order valence-electron chi connectivity index (χ0n) is 36.9. The number of nitrogens with one attached hydrogen (secondary N) is 3. The van der Waals surface area contributed by atoms with Gasteiger partial charge in [-0.1, -0.05) is 25.1 Å². The van der Waals surface area contributed by atoms with E-state index >= 15 is 0 Å². The monoisotopic (exact) mass is 864 g/mol. The molecule has 0 bridgehead atoms. The molecular formula is C46H56N8O9. The molecule has 1 unspecified atom stereocenters. The number of likely N-dealkylation sites (tertiary alicyclic amines) is 2. The maximum atomic E-state index is 14.2. The van der Waals surface area contributed by atoms with Crippen molar-refractivity contribution in [2.75, 3.05) is 28.4 Å². The number of amides is 4. The van der Waals surface area contributed by atoms with Crippen molar-refractivity contribution in [1.82, 2.24) is 40.0 Å². The number of carbonyl (C=O) groups excluding carboxylic acids is 3. The summed E-state index contributed by atoms with van der Waals surface area (Å²) in [5, 5.41) is 14.4. The molecule has 3 aromatic carbocycles. The minimum Gasteiger partial charge on any atom is -0.488 e. The number of aromatic amines is 2. The maximum absolute atomic E-state index is 14.2. The van der Waals surface area contributed by atoms with E-state index in [9.17, 15) is 24.3 Å². The highest BCUT2D eigenvalue weighted by Crippen LogP contribution is 2.44. The number of fused-ring (bicyclic) bond motifs is 6. The lowest BCUT2D eigenvalue weighted by Crippen LogP contribution is -2.55. The van der Waals surface area contributed by atoms with Crippen molar-refractivity contribution >= 4 is 45.8 Å². The lowest BCUT2D eigenvalue weighted by atomic mass is 9.92. The highest BCUT2D eigenvalue weighted by atomic mass is 16.5. The number of rotatable bonds is 12. The second kappa shape index (κ2) is 17.5. The Morgan fingerprint density at radius 3 is 2.38 bits per heavy atom. The largest absolute Gasteiger partial charge is 0.488 e. The van der Waals surface area contributed by atoms with Crippen molar-refractivity contribution in [3.8, 4) is 28.1 Å². The van der Waals surface area contributed by atoms with E-state index in [-0.39, 0.29) is 36.0 Å². The predicted molar refractivity (Wildman–Crippen MR) is 234 cm³/mol. The van der Waals surface area contributed by atoms with Gasteiger partial charge in [-0.15, -0.1) is 0 Å². The zero-order chi connectivity index (χ0) is 44.9. The number of H-pyrrole nitrogens is 2. The summed E-state index contributed by atoms with van der Waals surface area (Å²) in [5.74, 6) is 1.50. The van der Waals surface area contributed by atoms with Crippen LogP contribution in [0, 0.1) is 0 Å². The molecule has 3 aliphatic heterocycles. The van der Waals surface area contributed by atoms with Gasteiger partial charge in [-0.25, -0.2) is 19.6 Å². The lowest BCUT2D eigenvalue weighted by Gasteiger charge is -2.37. The number of carbonyl (C=O) groups is 4. The molecule has 8 rings (SSSR count). The quantitative estimate of drug-likeness (QED) is 0.101. The van der Waals surface area contributed by atoms with Crippen LogP contribution in [-0.2, 0) is 30.4 Å². The van der Waals surface area contributed by atoms with Crippen LogP contribution in [0.25, 0.3) is 44.2 Å². The van der Waals surface area contributed by atoms with E-state index in [2.05, 4.69) is 45.6 Å². The van der Waals surface area contributed by atoms with Gasteiger partial charge in [0.25, 0.3) is 0 Å². The van der Waals surface area contributed by atoms with Crippen LogP contribution in [0.15, 0.2) is 48.7 Å². The zero-order valence-corrected chi connectivity index (χ0v) is 36.9. The first-order chi connectivity index (χ1) is 30.3. The summed E-state index contributed by atoms with van der Waals surface area (Å²) in [5.41, 5.74) is 6.36. The molecule has 2 fully saturated rings. The van der Waals surface area contributed by atoms with Crippen molar-refractivity contribution in [1.29, 1.82) is 0 Å². The third-order valence-electron chi connectivity index (χ3n) is 13.4. The summed E-state index contributed by atoms with van der Waals surface area (Å²) in [6.07, 6.45) is 2.31. The number of alkyl carbamates (subject to hydrolysis) is 1. The molecule has 17 nitrogen and oxygen atoms in total. The summed E-state index contributed by atoms with van der Waals surface area (Å²) >= 11 is 0. The SMILES string of the molecule is CC[C@H]1CC[C@@H](c2ncc(-c3ccc4c(c3)COc3cc5c(ccc6[nH]c([C@@H]7CC[C@H](C)N7C(=O)[C@@H](NC(=O)OC)C(C)OC)nc65)cc3-4)[nH]2)N1C(=O)[C@H]([C@@H](C)OC)N(C)C(=O)O. The molecule has 4 N–H and O–H groups in total. The van der Waals surface area contributed by atoms with Gasteiger partial charge in [0, 0.05) is 44.3 Å². The van der Waals surface area contributed by atoms with Crippen LogP contribution < -0.4 is 10.1 Å². The first kappa shape index (κ1) is 43.4. The Labute approximate surface area is 365 Å². The van der Waals surface area contributed by atoms with Crippen molar-refractivity contribution < 1.29 is 43.2 Å². The number of imidazole rings is 2. The smallest absolute Gasteiger partial charge is 0.407 e. The number of hydrogen-bond donors (Lipinski definition) is 4. The Bertz CT molecular complexity index is 2560. The number of benzene rings is 3. The molecule has 0 saturated carbocycles. The van der Waals surface area contributed by atoms with Crippen LogP contribution in [0.4, 0.5) is 9.59 Å². The fourth-order valence-corrected chi connectivity index (χ4v) is 9.74. The second-order valence-electron chi connectivity index (χ2n) is 16.9. The molecule has 17 heteroatoms. The minimum absolute atomic E-state index is 0.0632. The first-order valence-corrected chi connectivity index (χ1v) is 21.6. The van der Waals surface area contributed by atoms with E-state index in [1.54, 1.807) is 29.8 Å². The number of ether oxygens (including phenoxy) is 4. The van der Waals surface area contributed by atoms with Gasteiger partial charge < -0.3 is 49.1 Å². The first-order valence-electron chi connectivity index (χ1n) is 21.6. The average Bonchev–Trinajstić information content (AvgIpc) is 4.12. The Morgan fingerprint density at radius 2 is 1.67 bits per heavy atom. The standard InChI is InChI=1S/C46H56N8O9/c1-9-29-13-17-35(54(29)44(56)40(25(4)61-7)52(5)46(58)59)41-47-21-34(49-41)27-11-14-30-28(18-27)22-63-37-20-31-26(19-32(30)37)12-15-33-39(31)50-42(48-33)36-16-10-23(2)53(36)43(55)38(24(3)60-6)51-45(57)62-8/h11-12,14-15,18-21,23-25,29,35-36,38,40H,9-10,13,16-17,22H2,1-8H3,(H,47,49)(H,48,50)(H,51,57)(H,58,59)/t23-,24?,25+,29-,35-,36-,38-,40-/m0/s1. The number of aromatic nitrogens is 4.